The highest BCUT2D eigenvalue weighted by Gasteiger charge is 2.20. The maximum absolute atomic E-state index is 12.5. The zero-order chi connectivity index (χ0) is 11.7. The quantitative estimate of drug-likeness (QED) is 0.903. The molecule has 0 bridgehead atoms. The van der Waals surface area contributed by atoms with E-state index in [-0.39, 0.29) is 10.4 Å². The van der Waals surface area contributed by atoms with Gasteiger partial charge in [-0.2, -0.15) is 29.9 Å². The van der Waals surface area contributed by atoms with Gasteiger partial charge in [-0.15, -0.1) is 0 Å². The number of carboxylic acids is 1. The number of nitrogens with zero attached hydrogens (tertiary/aromatic N) is 2. The van der Waals surface area contributed by atoms with Gasteiger partial charge in [0.25, 0.3) is 0 Å². The molecule has 0 saturated heterocycles. The van der Waals surface area contributed by atoms with Crippen molar-refractivity contribution in [2.24, 2.45) is 0 Å². The van der Waals surface area contributed by atoms with E-state index in [9.17, 15) is 13.6 Å². The molecule has 7 heteroatoms. The molecule has 84 valence electrons. The molecule has 16 heavy (non-hydrogen) atoms. The monoisotopic (exact) mass is 244 g/mol. The molecule has 1 N–H and O–H groups in total. The van der Waals surface area contributed by atoms with Crippen LogP contribution in [0.5, 0.6) is 0 Å². The van der Waals surface area contributed by atoms with Gasteiger partial charge in [-0.05, 0) is 17.5 Å². The van der Waals surface area contributed by atoms with Crippen LogP contribution in [0.25, 0.3) is 11.3 Å². The smallest absolute Gasteiger partial charge is 0.354 e. The molecule has 2 aromatic rings. The molecule has 0 fully saturated rings. The SMILES string of the molecule is O=C(O)c1cc(-c2ccsc2)nn1C(F)F. The lowest BCUT2D eigenvalue weighted by Crippen LogP contribution is -2.10. The van der Waals surface area contributed by atoms with Crippen molar-refractivity contribution in [3.8, 4) is 11.3 Å². The topological polar surface area (TPSA) is 55.1 Å². The summed E-state index contributed by atoms with van der Waals surface area (Å²) >= 11 is 1.38. The second-order valence-electron chi connectivity index (χ2n) is 2.95. The number of carboxylic acid groups (broad SMARTS) is 1. The van der Waals surface area contributed by atoms with Crippen molar-refractivity contribution in [2.75, 3.05) is 0 Å². The summed E-state index contributed by atoms with van der Waals surface area (Å²) in [5.74, 6) is -1.42. The maximum Gasteiger partial charge on any atom is 0.354 e. The fourth-order valence-electron chi connectivity index (χ4n) is 1.25. The fourth-order valence-corrected chi connectivity index (χ4v) is 1.90. The van der Waals surface area contributed by atoms with Crippen LogP contribution >= 0.6 is 11.3 Å². The molecular formula is C9H6F2N2O2S. The molecule has 0 spiro atoms. The van der Waals surface area contributed by atoms with Crippen molar-refractivity contribution < 1.29 is 18.7 Å². The van der Waals surface area contributed by atoms with Crippen LogP contribution < -0.4 is 0 Å². The van der Waals surface area contributed by atoms with Crippen LogP contribution in [0.4, 0.5) is 8.78 Å². The number of hydrogen-bond donors (Lipinski definition) is 1. The van der Waals surface area contributed by atoms with Crippen LogP contribution in [0.15, 0.2) is 22.9 Å². The van der Waals surface area contributed by atoms with E-state index in [1.54, 1.807) is 16.8 Å². The highest BCUT2D eigenvalue weighted by atomic mass is 32.1. The lowest BCUT2D eigenvalue weighted by atomic mass is 10.2. The van der Waals surface area contributed by atoms with E-state index in [1.807, 2.05) is 0 Å². The number of alkyl halides is 2. The van der Waals surface area contributed by atoms with Gasteiger partial charge in [0.2, 0.25) is 0 Å². The first-order valence-corrected chi connectivity index (χ1v) is 5.17. The second kappa shape index (κ2) is 4.01. The largest absolute Gasteiger partial charge is 0.477 e. The minimum Gasteiger partial charge on any atom is -0.477 e. The van der Waals surface area contributed by atoms with Gasteiger partial charge in [-0.25, -0.2) is 4.79 Å². The number of thiophene rings is 1. The summed E-state index contributed by atoms with van der Waals surface area (Å²) in [6, 6.07) is 2.82. The molecule has 0 aliphatic carbocycles. The van der Waals surface area contributed by atoms with E-state index < -0.39 is 18.2 Å². The highest BCUT2D eigenvalue weighted by molar-refractivity contribution is 7.08. The Labute approximate surface area is 92.8 Å². The van der Waals surface area contributed by atoms with Gasteiger partial charge in [-0.3, -0.25) is 0 Å². The number of halogens is 2. The lowest BCUT2D eigenvalue weighted by molar-refractivity contribution is 0.0440. The van der Waals surface area contributed by atoms with E-state index in [1.165, 1.54) is 11.3 Å². The first kappa shape index (κ1) is 10.7. The summed E-state index contributed by atoms with van der Waals surface area (Å²) in [7, 11) is 0. The van der Waals surface area contributed by atoms with Crippen molar-refractivity contribution in [3.63, 3.8) is 0 Å². The molecule has 0 aromatic carbocycles. The molecule has 0 aliphatic heterocycles. The van der Waals surface area contributed by atoms with E-state index in [4.69, 9.17) is 5.11 Å². The summed E-state index contributed by atoms with van der Waals surface area (Å²) in [5, 5.41) is 15.8. The first-order chi connectivity index (χ1) is 7.59. The fraction of sp³-hybridized carbons (Fsp3) is 0.111. The van der Waals surface area contributed by atoms with Crippen molar-refractivity contribution in [1.29, 1.82) is 0 Å². The van der Waals surface area contributed by atoms with Gasteiger partial charge in [0.05, 0.1) is 5.69 Å². The van der Waals surface area contributed by atoms with Crippen molar-refractivity contribution in [3.05, 3.63) is 28.6 Å². The molecule has 4 nitrogen and oxygen atoms in total. The summed E-state index contributed by atoms with van der Waals surface area (Å²) in [6.45, 7) is -2.96. The molecule has 0 unspecified atom stereocenters. The van der Waals surface area contributed by atoms with E-state index >= 15 is 0 Å². The molecule has 0 radical (unpaired) electrons. The van der Waals surface area contributed by atoms with Crippen molar-refractivity contribution >= 4 is 17.3 Å². The van der Waals surface area contributed by atoms with Crippen LogP contribution in [0.1, 0.15) is 17.0 Å². The molecule has 2 rings (SSSR count). The number of hydrogen-bond acceptors (Lipinski definition) is 3. The van der Waals surface area contributed by atoms with Crippen LogP contribution in [-0.4, -0.2) is 20.9 Å². The minimum atomic E-state index is -2.96. The van der Waals surface area contributed by atoms with E-state index in [0.717, 1.165) is 6.07 Å². The normalized spacial score (nSPS) is 10.9. The molecule has 2 heterocycles. The summed E-state index contributed by atoms with van der Waals surface area (Å²) in [5.41, 5.74) is 0.349. The highest BCUT2D eigenvalue weighted by Crippen LogP contribution is 2.24. The predicted octanol–water partition coefficient (Wildman–Crippen LogP) is 2.70. The van der Waals surface area contributed by atoms with Gasteiger partial charge in [-0.1, -0.05) is 0 Å². The summed E-state index contributed by atoms with van der Waals surface area (Å²) in [6.07, 6.45) is 0. The Balaban J connectivity index is 2.51. The molecule has 0 atom stereocenters. The Morgan fingerprint density at radius 2 is 2.31 bits per heavy atom. The van der Waals surface area contributed by atoms with Crippen LogP contribution in [-0.2, 0) is 0 Å². The van der Waals surface area contributed by atoms with E-state index in [2.05, 4.69) is 5.10 Å². The number of aromatic carboxylic acids is 1. The Morgan fingerprint density at radius 1 is 1.56 bits per heavy atom. The average Bonchev–Trinajstić information content (AvgIpc) is 2.86. The number of carbonyl (C=O) groups is 1. The molecule has 0 aliphatic rings. The first-order valence-electron chi connectivity index (χ1n) is 4.23. The van der Waals surface area contributed by atoms with Crippen LogP contribution in [0.2, 0.25) is 0 Å². The molecule has 0 saturated carbocycles. The van der Waals surface area contributed by atoms with Gasteiger partial charge >= 0.3 is 12.5 Å². The van der Waals surface area contributed by atoms with Crippen molar-refractivity contribution in [2.45, 2.75) is 6.55 Å². The Kier molecular flexibility index (Phi) is 2.69. The van der Waals surface area contributed by atoms with Gasteiger partial charge in [0.1, 0.15) is 0 Å². The molecule has 2 aromatic heterocycles. The lowest BCUT2D eigenvalue weighted by Gasteiger charge is -2.00. The third-order valence-corrected chi connectivity index (χ3v) is 2.64. The Bertz CT molecular complexity index is 508. The average molecular weight is 244 g/mol. The standard InChI is InChI=1S/C9H6F2N2O2S/c10-9(11)13-7(8(14)15)3-6(12-13)5-1-2-16-4-5/h1-4,9H,(H,14,15). The predicted molar refractivity (Wildman–Crippen MR) is 53.8 cm³/mol. The van der Waals surface area contributed by atoms with Crippen LogP contribution in [0, 0.1) is 0 Å². The number of rotatable bonds is 3. The van der Waals surface area contributed by atoms with Gasteiger partial charge in [0.15, 0.2) is 5.69 Å². The zero-order valence-corrected chi connectivity index (χ0v) is 8.62. The Hall–Kier alpha value is -1.76. The van der Waals surface area contributed by atoms with Gasteiger partial charge in [0, 0.05) is 10.9 Å². The maximum atomic E-state index is 12.5. The second-order valence-corrected chi connectivity index (χ2v) is 3.73. The van der Waals surface area contributed by atoms with E-state index in [0.29, 0.717) is 5.56 Å². The third kappa shape index (κ3) is 1.81. The molecular weight excluding hydrogens is 238 g/mol. The van der Waals surface area contributed by atoms with Crippen molar-refractivity contribution in [1.82, 2.24) is 9.78 Å². The third-order valence-electron chi connectivity index (χ3n) is 1.96. The van der Waals surface area contributed by atoms with Gasteiger partial charge < -0.3 is 5.11 Å². The molecule has 0 amide bonds. The Morgan fingerprint density at radius 3 is 2.75 bits per heavy atom. The van der Waals surface area contributed by atoms with Crippen LogP contribution in [0.3, 0.4) is 0 Å². The summed E-state index contributed by atoms with van der Waals surface area (Å²) < 4.78 is 25.2. The zero-order valence-electron chi connectivity index (χ0n) is 7.80. The number of aromatic nitrogens is 2. The minimum absolute atomic E-state index is 0.204. The summed E-state index contributed by atoms with van der Waals surface area (Å²) in [4.78, 5) is 10.7.